The van der Waals surface area contributed by atoms with Crippen molar-refractivity contribution in [1.29, 1.82) is 0 Å². The van der Waals surface area contributed by atoms with Gasteiger partial charge in [-0.2, -0.15) is 0 Å². The summed E-state index contributed by atoms with van der Waals surface area (Å²) in [5, 5.41) is 0. The number of allylic oxidation sites excluding steroid dienone is 1. The molecular formula is C14H22O2. The second-order valence-corrected chi connectivity index (χ2v) is 6.31. The van der Waals surface area contributed by atoms with E-state index in [-0.39, 0.29) is 17.1 Å². The zero-order valence-corrected chi connectivity index (χ0v) is 10.8. The molecule has 0 aromatic carbocycles. The molecule has 0 aliphatic heterocycles. The fourth-order valence-electron chi connectivity index (χ4n) is 2.92. The number of carbonyl (C=O) groups excluding carboxylic acids is 1. The van der Waals surface area contributed by atoms with E-state index in [9.17, 15) is 4.79 Å². The van der Waals surface area contributed by atoms with Crippen LogP contribution in [0.25, 0.3) is 0 Å². The van der Waals surface area contributed by atoms with Crippen molar-refractivity contribution < 1.29 is 9.53 Å². The summed E-state index contributed by atoms with van der Waals surface area (Å²) in [5.74, 6) is 0.295. The predicted octanol–water partition coefficient (Wildman–Crippen LogP) is 3.26. The summed E-state index contributed by atoms with van der Waals surface area (Å²) < 4.78 is 6.15. The molecule has 1 fully saturated rings. The molecule has 0 bridgehead atoms. The quantitative estimate of drug-likeness (QED) is 0.680. The van der Waals surface area contributed by atoms with Gasteiger partial charge in [-0.3, -0.25) is 4.79 Å². The number of hydrogen-bond acceptors (Lipinski definition) is 2. The number of carbonyl (C=O) groups is 1. The number of rotatable bonds is 1. The van der Waals surface area contributed by atoms with Crippen molar-refractivity contribution in [2.24, 2.45) is 5.41 Å². The van der Waals surface area contributed by atoms with Crippen LogP contribution in [0, 0.1) is 5.41 Å². The molecule has 0 spiro atoms. The monoisotopic (exact) mass is 222 g/mol. The van der Waals surface area contributed by atoms with Gasteiger partial charge in [-0.15, -0.1) is 0 Å². The van der Waals surface area contributed by atoms with Crippen molar-refractivity contribution in [3.63, 3.8) is 0 Å². The Kier molecular flexibility index (Phi) is 2.73. The van der Waals surface area contributed by atoms with E-state index in [4.69, 9.17) is 4.74 Å². The Balaban J connectivity index is 2.20. The Morgan fingerprint density at radius 1 is 1.38 bits per heavy atom. The maximum atomic E-state index is 11.4. The molecule has 0 radical (unpaired) electrons. The Morgan fingerprint density at radius 2 is 2.06 bits per heavy atom. The van der Waals surface area contributed by atoms with Crippen LogP contribution in [-0.4, -0.2) is 17.5 Å². The van der Waals surface area contributed by atoms with Crippen LogP contribution in [0.2, 0.25) is 0 Å². The zero-order chi connectivity index (χ0) is 12.0. The van der Waals surface area contributed by atoms with Gasteiger partial charge in [0, 0.05) is 11.8 Å². The van der Waals surface area contributed by atoms with Gasteiger partial charge in [0.1, 0.15) is 0 Å². The standard InChI is InChI=1S/C14H22O2/c1-13(2,3)16-12-6-5-10-9-11(15)7-8-14(10,12)4/h9,12H,5-8H2,1-4H3/t12-,14-/m1/s1. The molecule has 2 aliphatic rings. The number of hydrogen-bond donors (Lipinski definition) is 0. The highest BCUT2D eigenvalue weighted by molar-refractivity contribution is 5.91. The molecule has 0 saturated heterocycles. The van der Waals surface area contributed by atoms with E-state index in [0.717, 1.165) is 19.3 Å². The summed E-state index contributed by atoms with van der Waals surface area (Å²) in [4.78, 5) is 11.4. The third-order valence-electron chi connectivity index (χ3n) is 3.84. The molecular weight excluding hydrogens is 200 g/mol. The zero-order valence-electron chi connectivity index (χ0n) is 10.8. The van der Waals surface area contributed by atoms with E-state index in [1.807, 2.05) is 6.08 Å². The van der Waals surface area contributed by atoms with Gasteiger partial charge >= 0.3 is 0 Å². The van der Waals surface area contributed by atoms with Crippen molar-refractivity contribution >= 4 is 5.78 Å². The molecule has 0 N–H and O–H groups in total. The first-order valence-electron chi connectivity index (χ1n) is 6.23. The van der Waals surface area contributed by atoms with Gasteiger partial charge in [0.15, 0.2) is 5.78 Å². The summed E-state index contributed by atoms with van der Waals surface area (Å²) in [6.45, 7) is 8.57. The highest BCUT2D eigenvalue weighted by Gasteiger charge is 2.46. The van der Waals surface area contributed by atoms with Gasteiger partial charge in [-0.25, -0.2) is 0 Å². The van der Waals surface area contributed by atoms with Crippen LogP contribution in [-0.2, 0) is 9.53 Å². The smallest absolute Gasteiger partial charge is 0.155 e. The minimum atomic E-state index is -0.0927. The van der Waals surface area contributed by atoms with E-state index in [0.29, 0.717) is 12.2 Å². The number of fused-ring (bicyclic) bond motifs is 1. The SMILES string of the molecule is CC(C)(C)O[C@@H]1CCC2=CC(=O)CC[C@]21C. The summed E-state index contributed by atoms with van der Waals surface area (Å²) in [6.07, 6.45) is 5.89. The van der Waals surface area contributed by atoms with Gasteiger partial charge in [0.05, 0.1) is 11.7 Å². The van der Waals surface area contributed by atoms with Gasteiger partial charge < -0.3 is 4.74 Å². The molecule has 16 heavy (non-hydrogen) atoms. The lowest BCUT2D eigenvalue weighted by Gasteiger charge is -2.38. The summed E-state index contributed by atoms with van der Waals surface area (Å²) >= 11 is 0. The van der Waals surface area contributed by atoms with Gasteiger partial charge in [0.2, 0.25) is 0 Å². The fraction of sp³-hybridized carbons (Fsp3) is 0.786. The van der Waals surface area contributed by atoms with Crippen LogP contribution in [0.4, 0.5) is 0 Å². The van der Waals surface area contributed by atoms with Crippen LogP contribution >= 0.6 is 0 Å². The van der Waals surface area contributed by atoms with E-state index in [1.165, 1.54) is 5.57 Å². The first-order valence-corrected chi connectivity index (χ1v) is 6.23. The minimum Gasteiger partial charge on any atom is -0.372 e. The molecule has 2 nitrogen and oxygen atoms in total. The van der Waals surface area contributed by atoms with Crippen LogP contribution in [0.15, 0.2) is 11.6 Å². The second-order valence-electron chi connectivity index (χ2n) is 6.31. The normalized spacial score (nSPS) is 34.9. The Morgan fingerprint density at radius 3 is 2.69 bits per heavy atom. The molecule has 0 heterocycles. The summed E-state index contributed by atoms with van der Waals surface area (Å²) in [6, 6.07) is 0. The number of ketones is 1. The molecule has 0 aromatic heterocycles. The maximum absolute atomic E-state index is 11.4. The molecule has 90 valence electrons. The summed E-state index contributed by atoms with van der Waals surface area (Å²) in [7, 11) is 0. The van der Waals surface area contributed by atoms with Gasteiger partial charge in [-0.1, -0.05) is 12.5 Å². The third-order valence-corrected chi connectivity index (χ3v) is 3.84. The van der Waals surface area contributed by atoms with Crippen molar-refractivity contribution in [3.8, 4) is 0 Å². The molecule has 2 aliphatic carbocycles. The average Bonchev–Trinajstić information content (AvgIpc) is 2.43. The van der Waals surface area contributed by atoms with Crippen LogP contribution in [0.1, 0.15) is 53.4 Å². The van der Waals surface area contributed by atoms with Crippen LogP contribution in [0.3, 0.4) is 0 Å². The lowest BCUT2D eigenvalue weighted by molar-refractivity contribution is -0.118. The Labute approximate surface area is 98.1 Å². The van der Waals surface area contributed by atoms with E-state index in [1.54, 1.807) is 0 Å². The molecule has 0 amide bonds. The lowest BCUT2D eigenvalue weighted by atomic mass is 9.74. The van der Waals surface area contributed by atoms with Crippen LogP contribution < -0.4 is 0 Å². The average molecular weight is 222 g/mol. The molecule has 2 heteroatoms. The maximum Gasteiger partial charge on any atom is 0.155 e. The molecule has 2 atom stereocenters. The molecule has 0 unspecified atom stereocenters. The lowest BCUT2D eigenvalue weighted by Crippen LogP contribution is -2.38. The molecule has 0 aromatic rings. The summed E-state index contributed by atoms with van der Waals surface area (Å²) in [5.41, 5.74) is 1.34. The number of ether oxygens (including phenoxy) is 1. The molecule has 1 saturated carbocycles. The minimum absolute atomic E-state index is 0.0927. The van der Waals surface area contributed by atoms with Crippen LogP contribution in [0.5, 0.6) is 0 Å². The molecule has 2 rings (SSSR count). The van der Waals surface area contributed by atoms with Gasteiger partial charge in [-0.05, 0) is 46.1 Å². The third kappa shape index (κ3) is 2.08. The van der Waals surface area contributed by atoms with Crippen molar-refractivity contribution in [2.45, 2.75) is 65.1 Å². The van der Waals surface area contributed by atoms with Crippen molar-refractivity contribution in [3.05, 3.63) is 11.6 Å². The van der Waals surface area contributed by atoms with Crippen molar-refractivity contribution in [1.82, 2.24) is 0 Å². The Hall–Kier alpha value is -0.630. The van der Waals surface area contributed by atoms with E-state index >= 15 is 0 Å². The topological polar surface area (TPSA) is 26.3 Å². The fourth-order valence-corrected chi connectivity index (χ4v) is 2.92. The second kappa shape index (κ2) is 3.69. The van der Waals surface area contributed by atoms with E-state index < -0.39 is 0 Å². The Bertz CT molecular complexity index is 335. The first-order chi connectivity index (χ1) is 7.31. The first kappa shape index (κ1) is 11.8. The predicted molar refractivity (Wildman–Crippen MR) is 64.3 cm³/mol. The van der Waals surface area contributed by atoms with Crippen molar-refractivity contribution in [2.75, 3.05) is 0 Å². The highest BCUT2D eigenvalue weighted by Crippen LogP contribution is 2.50. The van der Waals surface area contributed by atoms with Gasteiger partial charge in [0.25, 0.3) is 0 Å². The highest BCUT2D eigenvalue weighted by atomic mass is 16.5. The largest absolute Gasteiger partial charge is 0.372 e. The van der Waals surface area contributed by atoms with E-state index in [2.05, 4.69) is 27.7 Å².